The van der Waals surface area contributed by atoms with E-state index >= 15 is 0 Å². The van der Waals surface area contributed by atoms with E-state index in [1.54, 1.807) is 0 Å². The van der Waals surface area contributed by atoms with Crippen LogP contribution in [0.15, 0.2) is 28.8 Å². The van der Waals surface area contributed by atoms with Crippen molar-refractivity contribution >= 4 is 5.91 Å². The number of hydrogen-bond donors (Lipinski definition) is 1. The third-order valence-corrected chi connectivity index (χ3v) is 3.97. The van der Waals surface area contributed by atoms with Crippen LogP contribution in [0, 0.1) is 0 Å². The first-order chi connectivity index (χ1) is 12.0. The Balaban J connectivity index is 1.80. The smallest absolute Gasteiger partial charge is 0.227 e. The number of rotatable bonds is 9. The van der Waals surface area contributed by atoms with Crippen LogP contribution in [0.4, 0.5) is 0 Å². The monoisotopic (exact) mass is 344 g/mol. The molecule has 0 spiro atoms. The van der Waals surface area contributed by atoms with Gasteiger partial charge in [0, 0.05) is 24.9 Å². The molecule has 0 fully saturated rings. The van der Waals surface area contributed by atoms with Crippen molar-refractivity contribution in [2.75, 3.05) is 27.2 Å². The van der Waals surface area contributed by atoms with Crippen molar-refractivity contribution in [3.63, 3.8) is 0 Å². The summed E-state index contributed by atoms with van der Waals surface area (Å²) >= 11 is 0. The lowest BCUT2D eigenvalue weighted by Gasteiger charge is -2.09. The number of nitrogens with one attached hydrogen (secondary N) is 1. The van der Waals surface area contributed by atoms with Gasteiger partial charge in [0.25, 0.3) is 0 Å². The van der Waals surface area contributed by atoms with Gasteiger partial charge in [-0.3, -0.25) is 4.79 Å². The highest BCUT2D eigenvalue weighted by atomic mass is 16.5. The van der Waals surface area contributed by atoms with Crippen molar-refractivity contribution in [2.45, 2.75) is 39.0 Å². The van der Waals surface area contributed by atoms with Crippen molar-refractivity contribution < 1.29 is 9.32 Å². The second kappa shape index (κ2) is 9.32. The zero-order valence-electron chi connectivity index (χ0n) is 15.6. The van der Waals surface area contributed by atoms with Crippen molar-refractivity contribution in [3.8, 4) is 11.4 Å². The van der Waals surface area contributed by atoms with Gasteiger partial charge in [0.2, 0.25) is 17.6 Å². The minimum absolute atomic E-state index is 0.0137. The van der Waals surface area contributed by atoms with E-state index in [2.05, 4.69) is 46.3 Å². The van der Waals surface area contributed by atoms with Crippen molar-refractivity contribution in [3.05, 3.63) is 35.7 Å². The number of benzene rings is 1. The van der Waals surface area contributed by atoms with E-state index in [1.807, 2.05) is 26.2 Å². The van der Waals surface area contributed by atoms with Crippen molar-refractivity contribution in [1.29, 1.82) is 0 Å². The van der Waals surface area contributed by atoms with Crippen LogP contribution in [0.25, 0.3) is 11.4 Å². The van der Waals surface area contributed by atoms with E-state index in [1.165, 1.54) is 5.56 Å². The Morgan fingerprint density at radius 2 is 1.96 bits per heavy atom. The minimum Gasteiger partial charge on any atom is -0.356 e. The van der Waals surface area contributed by atoms with Crippen LogP contribution in [-0.4, -0.2) is 48.1 Å². The summed E-state index contributed by atoms with van der Waals surface area (Å²) in [5.74, 6) is 1.56. The summed E-state index contributed by atoms with van der Waals surface area (Å²) in [5.41, 5.74) is 2.20. The van der Waals surface area contributed by atoms with Crippen LogP contribution in [0.3, 0.4) is 0 Å². The molecule has 0 saturated heterocycles. The molecular weight excluding hydrogens is 316 g/mol. The van der Waals surface area contributed by atoms with Gasteiger partial charge in [-0.15, -0.1) is 0 Å². The van der Waals surface area contributed by atoms with Gasteiger partial charge in [-0.25, -0.2) is 0 Å². The third-order valence-electron chi connectivity index (χ3n) is 3.97. The Kier molecular flexibility index (Phi) is 7.13. The molecule has 0 unspecified atom stereocenters. The predicted molar refractivity (Wildman–Crippen MR) is 98.3 cm³/mol. The highest BCUT2D eigenvalue weighted by Gasteiger charge is 2.11. The molecule has 0 saturated carbocycles. The molecule has 0 aliphatic heterocycles. The first-order valence-corrected chi connectivity index (χ1v) is 8.80. The molecule has 1 N–H and O–H groups in total. The Hall–Kier alpha value is -2.21. The summed E-state index contributed by atoms with van der Waals surface area (Å²) in [4.78, 5) is 18.3. The normalized spacial score (nSPS) is 11.3. The average Bonchev–Trinajstić information content (AvgIpc) is 3.06. The van der Waals surface area contributed by atoms with Gasteiger partial charge in [0.05, 0.1) is 0 Å². The number of amides is 1. The quantitative estimate of drug-likeness (QED) is 0.708. The lowest BCUT2D eigenvalue weighted by Crippen LogP contribution is -2.27. The fourth-order valence-corrected chi connectivity index (χ4v) is 2.42. The summed E-state index contributed by atoms with van der Waals surface area (Å²) < 4.78 is 5.26. The largest absolute Gasteiger partial charge is 0.356 e. The molecule has 1 amide bonds. The second-order valence-electron chi connectivity index (χ2n) is 6.80. The Morgan fingerprint density at radius 3 is 2.60 bits per heavy atom. The van der Waals surface area contributed by atoms with Gasteiger partial charge < -0.3 is 14.7 Å². The van der Waals surface area contributed by atoms with Gasteiger partial charge in [-0.2, -0.15) is 4.98 Å². The number of carbonyl (C=O) groups is 1. The number of carbonyl (C=O) groups excluding carboxylic acids is 1. The Bertz CT molecular complexity index is 662. The molecule has 0 atom stereocenters. The fourth-order valence-electron chi connectivity index (χ4n) is 2.42. The van der Waals surface area contributed by atoms with E-state index in [0.717, 1.165) is 18.5 Å². The highest BCUT2D eigenvalue weighted by molar-refractivity contribution is 5.75. The maximum Gasteiger partial charge on any atom is 0.227 e. The van der Waals surface area contributed by atoms with E-state index in [9.17, 15) is 4.79 Å². The standard InChI is InChI=1S/C19H28N4O2/c1-14(2)15-6-8-16(9-7-15)19-21-18(25-22-19)11-10-17(24)20-12-5-13-23(3)4/h6-9,14H,5,10-13H2,1-4H3,(H,20,24). The zero-order valence-corrected chi connectivity index (χ0v) is 15.6. The van der Waals surface area contributed by atoms with Crippen LogP contribution in [0.5, 0.6) is 0 Å². The van der Waals surface area contributed by atoms with Crippen LogP contribution in [0.2, 0.25) is 0 Å². The molecule has 6 heteroatoms. The summed E-state index contributed by atoms with van der Waals surface area (Å²) in [6.07, 6.45) is 1.75. The van der Waals surface area contributed by atoms with Gasteiger partial charge in [-0.05, 0) is 38.5 Å². The fraction of sp³-hybridized carbons (Fsp3) is 0.526. The molecule has 0 aliphatic carbocycles. The van der Waals surface area contributed by atoms with Crippen molar-refractivity contribution in [1.82, 2.24) is 20.4 Å². The van der Waals surface area contributed by atoms with Crippen LogP contribution in [-0.2, 0) is 11.2 Å². The van der Waals surface area contributed by atoms with Gasteiger partial charge >= 0.3 is 0 Å². The number of aromatic nitrogens is 2. The molecular formula is C19H28N4O2. The maximum atomic E-state index is 11.8. The highest BCUT2D eigenvalue weighted by Crippen LogP contribution is 2.20. The first-order valence-electron chi connectivity index (χ1n) is 8.80. The van der Waals surface area contributed by atoms with E-state index in [0.29, 0.717) is 37.0 Å². The number of hydrogen-bond acceptors (Lipinski definition) is 5. The molecule has 0 aliphatic rings. The molecule has 0 radical (unpaired) electrons. The van der Waals surface area contributed by atoms with Crippen LogP contribution >= 0.6 is 0 Å². The van der Waals surface area contributed by atoms with Crippen molar-refractivity contribution in [2.24, 2.45) is 0 Å². The predicted octanol–water partition coefficient (Wildman–Crippen LogP) is 2.86. The molecule has 2 aromatic rings. The molecule has 0 bridgehead atoms. The molecule has 6 nitrogen and oxygen atoms in total. The molecule has 25 heavy (non-hydrogen) atoms. The molecule has 136 valence electrons. The third kappa shape index (κ3) is 6.31. The molecule has 1 heterocycles. The topological polar surface area (TPSA) is 71.3 Å². The van der Waals surface area contributed by atoms with Gasteiger partial charge in [-0.1, -0.05) is 43.3 Å². The van der Waals surface area contributed by atoms with E-state index in [-0.39, 0.29) is 5.91 Å². The molecule has 1 aromatic heterocycles. The van der Waals surface area contributed by atoms with E-state index in [4.69, 9.17) is 4.52 Å². The summed E-state index contributed by atoms with van der Waals surface area (Å²) in [6, 6.07) is 8.16. The summed E-state index contributed by atoms with van der Waals surface area (Å²) in [7, 11) is 4.04. The first kappa shape index (κ1) is 19.1. The van der Waals surface area contributed by atoms with Crippen LogP contribution in [0.1, 0.15) is 44.1 Å². The maximum absolute atomic E-state index is 11.8. The minimum atomic E-state index is 0.0137. The molecule has 2 rings (SSSR count). The van der Waals surface area contributed by atoms with Gasteiger partial charge in [0.1, 0.15) is 0 Å². The van der Waals surface area contributed by atoms with E-state index < -0.39 is 0 Å². The Labute approximate surface area is 149 Å². The summed E-state index contributed by atoms with van der Waals surface area (Å²) in [5, 5.41) is 6.92. The lowest BCUT2D eigenvalue weighted by atomic mass is 10.0. The average molecular weight is 344 g/mol. The molecule has 1 aromatic carbocycles. The van der Waals surface area contributed by atoms with Gasteiger partial charge in [0.15, 0.2) is 0 Å². The SMILES string of the molecule is CC(C)c1ccc(-c2noc(CCC(=O)NCCCN(C)C)n2)cc1. The number of nitrogens with zero attached hydrogens (tertiary/aromatic N) is 3. The zero-order chi connectivity index (χ0) is 18.2. The van der Waals surface area contributed by atoms with Crippen LogP contribution < -0.4 is 5.32 Å². The lowest BCUT2D eigenvalue weighted by molar-refractivity contribution is -0.121. The second-order valence-corrected chi connectivity index (χ2v) is 6.80. The summed E-state index contributed by atoms with van der Waals surface area (Å²) in [6.45, 7) is 5.97. The Morgan fingerprint density at radius 1 is 1.24 bits per heavy atom. The number of aryl methyl sites for hydroxylation is 1.